The Morgan fingerprint density at radius 3 is 2.48 bits per heavy atom. The van der Waals surface area contributed by atoms with Crippen molar-refractivity contribution in [3.63, 3.8) is 0 Å². The van der Waals surface area contributed by atoms with Crippen LogP contribution in [0.1, 0.15) is 6.92 Å². The van der Waals surface area contributed by atoms with Crippen molar-refractivity contribution in [2.45, 2.75) is 6.92 Å². The van der Waals surface area contributed by atoms with Crippen molar-refractivity contribution in [2.75, 3.05) is 44.2 Å². The molecule has 1 fully saturated rings. The van der Waals surface area contributed by atoms with Gasteiger partial charge in [0.25, 0.3) is 5.56 Å². The van der Waals surface area contributed by atoms with Crippen LogP contribution >= 0.6 is 0 Å². The van der Waals surface area contributed by atoms with Gasteiger partial charge in [-0.05, 0) is 0 Å². The topological polar surface area (TPSA) is 105 Å². The molecule has 0 aromatic carbocycles. The second-order valence-electron chi connectivity index (χ2n) is 6.13. The number of hydrogen-bond donors (Lipinski definition) is 1. The summed E-state index contributed by atoms with van der Waals surface area (Å²) in [4.78, 5) is 46.8. The summed E-state index contributed by atoms with van der Waals surface area (Å²) >= 11 is 0. The van der Waals surface area contributed by atoms with Crippen molar-refractivity contribution < 1.29 is 9.53 Å². The molecule has 3 rings (SSSR count). The lowest BCUT2D eigenvalue weighted by atomic mass is 10.3. The van der Waals surface area contributed by atoms with E-state index in [9.17, 15) is 14.4 Å². The lowest BCUT2D eigenvalue weighted by Crippen LogP contribution is -2.47. The Morgan fingerprint density at radius 1 is 1.16 bits per heavy atom. The van der Waals surface area contributed by atoms with E-state index in [4.69, 9.17) is 4.74 Å². The number of esters is 1. The van der Waals surface area contributed by atoms with Gasteiger partial charge in [0, 0.05) is 53.7 Å². The summed E-state index contributed by atoms with van der Waals surface area (Å²) in [6, 6.07) is 0. The zero-order valence-electron chi connectivity index (χ0n) is 14.6. The number of aromatic amines is 1. The maximum absolute atomic E-state index is 12.2. The van der Waals surface area contributed by atoms with E-state index in [0.29, 0.717) is 30.3 Å². The Balaban J connectivity index is 1.73. The first kappa shape index (κ1) is 17.2. The molecule has 0 atom stereocenters. The molecule has 0 aliphatic carbocycles. The number of ether oxygens (including phenoxy) is 1. The number of imidazole rings is 1. The predicted octanol–water partition coefficient (Wildman–Crippen LogP) is -1.35. The maximum atomic E-state index is 12.2. The van der Waals surface area contributed by atoms with Crippen LogP contribution in [0.15, 0.2) is 9.59 Å². The van der Waals surface area contributed by atoms with Crippen LogP contribution < -0.4 is 16.1 Å². The molecule has 136 valence electrons. The minimum Gasteiger partial charge on any atom is -0.465 e. The molecule has 1 N–H and O–H groups in total. The van der Waals surface area contributed by atoms with Crippen molar-refractivity contribution in [2.24, 2.45) is 14.1 Å². The molecule has 0 saturated carbocycles. The monoisotopic (exact) mass is 350 g/mol. The van der Waals surface area contributed by atoms with Gasteiger partial charge in [-0.15, -0.1) is 0 Å². The molecular weight excluding hydrogens is 328 g/mol. The highest BCUT2D eigenvalue weighted by atomic mass is 16.5. The highest BCUT2D eigenvalue weighted by molar-refractivity contribution is 5.73. The molecule has 10 heteroatoms. The van der Waals surface area contributed by atoms with Gasteiger partial charge < -0.3 is 14.6 Å². The van der Waals surface area contributed by atoms with Gasteiger partial charge >= 0.3 is 11.7 Å². The Bertz CT molecular complexity index is 903. The molecule has 1 aliphatic rings. The van der Waals surface area contributed by atoms with E-state index < -0.39 is 5.69 Å². The van der Waals surface area contributed by atoms with Crippen molar-refractivity contribution in [1.82, 2.24) is 24.0 Å². The van der Waals surface area contributed by atoms with Crippen molar-refractivity contribution >= 4 is 23.1 Å². The van der Waals surface area contributed by atoms with E-state index in [1.165, 1.54) is 18.5 Å². The number of fused-ring (bicyclic) bond motifs is 1. The summed E-state index contributed by atoms with van der Waals surface area (Å²) in [6.45, 7) is 5.55. The third-order valence-corrected chi connectivity index (χ3v) is 4.47. The van der Waals surface area contributed by atoms with E-state index in [-0.39, 0.29) is 11.5 Å². The fourth-order valence-electron chi connectivity index (χ4n) is 2.97. The summed E-state index contributed by atoms with van der Waals surface area (Å²) in [7, 11) is 3.05. The van der Waals surface area contributed by atoms with Crippen LogP contribution in [-0.2, 0) is 23.6 Å². The zero-order valence-corrected chi connectivity index (χ0v) is 14.6. The van der Waals surface area contributed by atoms with Gasteiger partial charge in [-0.3, -0.25) is 23.6 Å². The molecule has 3 heterocycles. The Morgan fingerprint density at radius 2 is 1.84 bits per heavy atom. The molecule has 0 spiro atoms. The number of carbonyl (C=O) groups is 1. The van der Waals surface area contributed by atoms with Gasteiger partial charge in [0.1, 0.15) is 6.61 Å². The van der Waals surface area contributed by atoms with Gasteiger partial charge in [-0.25, -0.2) is 4.79 Å². The van der Waals surface area contributed by atoms with Crippen molar-refractivity contribution in [1.29, 1.82) is 0 Å². The van der Waals surface area contributed by atoms with Gasteiger partial charge in [-0.1, -0.05) is 0 Å². The SMILES string of the molecule is CC(=O)OCCN1CCN(c2nc3c([nH]2)c(=O)n(C)c(=O)n3C)CC1. The van der Waals surface area contributed by atoms with Crippen LogP contribution in [0.4, 0.5) is 5.95 Å². The van der Waals surface area contributed by atoms with E-state index in [1.54, 1.807) is 7.05 Å². The van der Waals surface area contributed by atoms with Gasteiger partial charge in [0.15, 0.2) is 11.2 Å². The minimum atomic E-state index is -0.397. The largest absolute Gasteiger partial charge is 0.465 e. The molecule has 1 aliphatic heterocycles. The van der Waals surface area contributed by atoms with Crippen LogP contribution in [0.3, 0.4) is 0 Å². The summed E-state index contributed by atoms with van der Waals surface area (Å²) in [5, 5.41) is 0. The lowest BCUT2D eigenvalue weighted by molar-refractivity contribution is -0.141. The molecule has 2 aromatic rings. The molecule has 1 saturated heterocycles. The molecule has 10 nitrogen and oxygen atoms in total. The van der Waals surface area contributed by atoms with E-state index in [2.05, 4.69) is 14.9 Å². The predicted molar refractivity (Wildman–Crippen MR) is 91.9 cm³/mol. The normalized spacial score (nSPS) is 15.7. The Kier molecular flexibility index (Phi) is 4.62. The molecule has 2 aromatic heterocycles. The van der Waals surface area contributed by atoms with Crippen LogP contribution in [0.5, 0.6) is 0 Å². The Labute approximate surface area is 143 Å². The van der Waals surface area contributed by atoms with Crippen LogP contribution in [0, 0.1) is 0 Å². The average molecular weight is 350 g/mol. The van der Waals surface area contributed by atoms with E-state index >= 15 is 0 Å². The maximum Gasteiger partial charge on any atom is 0.332 e. The standard InChI is InChI=1S/C15H22N6O4/c1-10(22)25-9-8-20-4-6-21(7-5-20)14-16-11-12(17-14)18(2)15(24)19(3)13(11)23/h4-9H2,1-3H3,(H,16,17). The molecular formula is C15H22N6O4. The van der Waals surface area contributed by atoms with Crippen molar-refractivity contribution in [3.05, 3.63) is 20.8 Å². The highest BCUT2D eigenvalue weighted by Crippen LogP contribution is 2.15. The van der Waals surface area contributed by atoms with Crippen molar-refractivity contribution in [3.8, 4) is 0 Å². The third-order valence-electron chi connectivity index (χ3n) is 4.47. The number of carbonyl (C=O) groups excluding carboxylic acids is 1. The van der Waals surface area contributed by atoms with Crippen LogP contribution in [-0.4, -0.2) is 69.3 Å². The number of H-pyrrole nitrogens is 1. The first-order valence-electron chi connectivity index (χ1n) is 8.15. The summed E-state index contributed by atoms with van der Waals surface area (Å²) in [5.74, 6) is 0.320. The first-order chi connectivity index (χ1) is 11.9. The second-order valence-corrected chi connectivity index (χ2v) is 6.13. The van der Waals surface area contributed by atoms with E-state index in [1.807, 2.05) is 4.90 Å². The molecule has 0 radical (unpaired) electrons. The number of aryl methyl sites for hydroxylation is 1. The number of hydrogen-bond acceptors (Lipinski definition) is 7. The average Bonchev–Trinajstić information content (AvgIpc) is 3.04. The zero-order chi connectivity index (χ0) is 18.1. The molecule has 0 bridgehead atoms. The molecule has 0 amide bonds. The minimum absolute atomic E-state index is 0.270. The summed E-state index contributed by atoms with van der Waals surface area (Å²) in [5.41, 5.74) is -0.0833. The fraction of sp³-hybridized carbons (Fsp3) is 0.600. The quantitative estimate of drug-likeness (QED) is 0.679. The molecule has 25 heavy (non-hydrogen) atoms. The second kappa shape index (κ2) is 6.71. The fourth-order valence-corrected chi connectivity index (χ4v) is 2.97. The van der Waals surface area contributed by atoms with Gasteiger partial charge in [0.05, 0.1) is 0 Å². The van der Waals surface area contributed by atoms with Gasteiger partial charge in [0.2, 0.25) is 5.95 Å². The lowest BCUT2D eigenvalue weighted by Gasteiger charge is -2.34. The van der Waals surface area contributed by atoms with Crippen LogP contribution in [0.25, 0.3) is 11.2 Å². The molecule has 0 unspecified atom stereocenters. The highest BCUT2D eigenvalue weighted by Gasteiger charge is 2.21. The number of nitrogens with zero attached hydrogens (tertiary/aromatic N) is 5. The van der Waals surface area contributed by atoms with Crippen LogP contribution in [0.2, 0.25) is 0 Å². The summed E-state index contributed by atoms with van der Waals surface area (Å²) < 4.78 is 7.40. The van der Waals surface area contributed by atoms with E-state index in [0.717, 1.165) is 30.7 Å². The Hall–Kier alpha value is -2.62. The number of aromatic nitrogens is 4. The number of rotatable bonds is 4. The number of piperazine rings is 1. The number of nitrogens with one attached hydrogen (secondary N) is 1. The smallest absolute Gasteiger partial charge is 0.332 e. The third kappa shape index (κ3) is 3.29. The van der Waals surface area contributed by atoms with Gasteiger partial charge in [-0.2, -0.15) is 4.98 Å². The number of anilines is 1. The summed E-state index contributed by atoms with van der Waals surface area (Å²) in [6.07, 6.45) is 0. The first-order valence-corrected chi connectivity index (χ1v) is 8.15.